The van der Waals surface area contributed by atoms with Gasteiger partial charge in [-0.15, -0.1) is 0 Å². The molecule has 7 heteroatoms. The van der Waals surface area contributed by atoms with Crippen molar-refractivity contribution in [3.8, 4) is 0 Å². The lowest BCUT2D eigenvalue weighted by Crippen LogP contribution is -2.27. The standard InChI is InChI=1S/C21H26N4O3/c1-4-19(26)23-18-10-6-8-16(12-18)21(28)22-13-15-7-5-9-17(11-15)24-20(27)14-25(2)3/h5-12H,4,13-14H2,1-3H3,(H,22,28)(H,23,26)(H,24,27). The van der Waals surface area contributed by atoms with Crippen molar-refractivity contribution in [1.29, 1.82) is 0 Å². The van der Waals surface area contributed by atoms with Gasteiger partial charge in [0.2, 0.25) is 11.8 Å². The molecule has 0 bridgehead atoms. The molecule has 0 heterocycles. The van der Waals surface area contributed by atoms with Crippen LogP contribution in [0, 0.1) is 0 Å². The number of likely N-dealkylation sites (N-methyl/N-ethyl adjacent to an activating group) is 1. The van der Waals surface area contributed by atoms with Gasteiger partial charge < -0.3 is 20.9 Å². The number of nitrogens with one attached hydrogen (secondary N) is 3. The maximum atomic E-state index is 12.4. The molecule has 28 heavy (non-hydrogen) atoms. The molecule has 0 fully saturated rings. The SMILES string of the molecule is CCC(=O)Nc1cccc(C(=O)NCc2cccc(NC(=O)CN(C)C)c2)c1. The molecule has 0 aliphatic carbocycles. The molecule has 3 amide bonds. The predicted octanol–water partition coefficient (Wildman–Crippen LogP) is 2.47. The Morgan fingerprint density at radius 3 is 2.21 bits per heavy atom. The first kappa shape index (κ1) is 21.1. The molecule has 0 unspecified atom stereocenters. The molecule has 2 rings (SSSR count). The molecule has 0 aliphatic rings. The lowest BCUT2D eigenvalue weighted by molar-refractivity contribution is -0.117. The van der Waals surface area contributed by atoms with Crippen LogP contribution in [0.25, 0.3) is 0 Å². The highest BCUT2D eigenvalue weighted by molar-refractivity contribution is 5.97. The van der Waals surface area contributed by atoms with Crippen molar-refractivity contribution in [1.82, 2.24) is 10.2 Å². The number of hydrogen-bond donors (Lipinski definition) is 3. The first-order valence-corrected chi connectivity index (χ1v) is 9.09. The van der Waals surface area contributed by atoms with E-state index in [9.17, 15) is 14.4 Å². The van der Waals surface area contributed by atoms with Crippen LogP contribution in [0.2, 0.25) is 0 Å². The Hall–Kier alpha value is -3.19. The van der Waals surface area contributed by atoms with Gasteiger partial charge in [-0.2, -0.15) is 0 Å². The number of hydrogen-bond acceptors (Lipinski definition) is 4. The van der Waals surface area contributed by atoms with Gasteiger partial charge in [-0.1, -0.05) is 25.1 Å². The molecule has 2 aromatic rings. The van der Waals surface area contributed by atoms with Gasteiger partial charge in [0, 0.05) is 29.9 Å². The third kappa shape index (κ3) is 6.85. The van der Waals surface area contributed by atoms with Crippen molar-refractivity contribution in [2.75, 3.05) is 31.3 Å². The van der Waals surface area contributed by atoms with Crippen molar-refractivity contribution >= 4 is 29.1 Å². The van der Waals surface area contributed by atoms with E-state index in [0.29, 0.717) is 36.4 Å². The normalized spacial score (nSPS) is 10.4. The van der Waals surface area contributed by atoms with E-state index < -0.39 is 0 Å². The van der Waals surface area contributed by atoms with Crippen LogP contribution in [0.4, 0.5) is 11.4 Å². The van der Waals surface area contributed by atoms with Crippen LogP contribution < -0.4 is 16.0 Å². The molecule has 0 radical (unpaired) electrons. The zero-order chi connectivity index (χ0) is 20.5. The van der Waals surface area contributed by atoms with E-state index in [4.69, 9.17) is 0 Å². The summed E-state index contributed by atoms with van der Waals surface area (Å²) in [5, 5.41) is 8.42. The number of carbonyl (C=O) groups is 3. The third-order valence-corrected chi connectivity index (χ3v) is 3.85. The first-order valence-electron chi connectivity index (χ1n) is 9.09. The zero-order valence-electron chi connectivity index (χ0n) is 16.4. The minimum atomic E-state index is -0.241. The summed E-state index contributed by atoms with van der Waals surface area (Å²) in [6.07, 6.45) is 0.373. The van der Waals surface area contributed by atoms with Gasteiger partial charge in [0.05, 0.1) is 6.54 Å². The fourth-order valence-electron chi connectivity index (χ4n) is 2.52. The molecule has 148 valence electrons. The van der Waals surface area contributed by atoms with Crippen molar-refractivity contribution in [3.63, 3.8) is 0 Å². The second kappa shape index (κ2) is 10.2. The van der Waals surface area contributed by atoms with E-state index in [1.165, 1.54) is 0 Å². The van der Waals surface area contributed by atoms with Gasteiger partial charge in [0.25, 0.3) is 5.91 Å². The maximum Gasteiger partial charge on any atom is 0.251 e. The van der Waals surface area contributed by atoms with Crippen molar-refractivity contribution in [2.45, 2.75) is 19.9 Å². The van der Waals surface area contributed by atoms with Gasteiger partial charge in [0.1, 0.15) is 0 Å². The first-order chi connectivity index (χ1) is 13.4. The Labute approximate surface area is 165 Å². The summed E-state index contributed by atoms with van der Waals surface area (Å²) < 4.78 is 0. The lowest BCUT2D eigenvalue weighted by Gasteiger charge is -2.11. The van der Waals surface area contributed by atoms with Crippen molar-refractivity contribution in [2.24, 2.45) is 0 Å². The molecular formula is C21H26N4O3. The largest absolute Gasteiger partial charge is 0.348 e. The molecule has 0 spiro atoms. The van der Waals surface area contributed by atoms with Crippen LogP contribution >= 0.6 is 0 Å². The highest BCUT2D eigenvalue weighted by Crippen LogP contribution is 2.13. The molecule has 0 saturated heterocycles. The maximum absolute atomic E-state index is 12.4. The fraction of sp³-hybridized carbons (Fsp3) is 0.286. The van der Waals surface area contributed by atoms with E-state index in [-0.39, 0.29) is 17.7 Å². The average Bonchev–Trinajstić information content (AvgIpc) is 2.65. The van der Waals surface area contributed by atoms with Crippen LogP contribution in [0.1, 0.15) is 29.3 Å². The van der Waals surface area contributed by atoms with Crippen molar-refractivity contribution < 1.29 is 14.4 Å². The topological polar surface area (TPSA) is 90.5 Å². The minimum absolute atomic E-state index is 0.0999. The average molecular weight is 382 g/mol. The Morgan fingerprint density at radius 1 is 0.893 bits per heavy atom. The Bertz CT molecular complexity index is 849. The number of benzene rings is 2. The summed E-state index contributed by atoms with van der Waals surface area (Å²) in [5.74, 6) is -0.447. The number of nitrogens with zero attached hydrogens (tertiary/aromatic N) is 1. The number of rotatable bonds is 8. The number of anilines is 2. The molecule has 0 saturated carbocycles. The molecule has 0 atom stereocenters. The Morgan fingerprint density at radius 2 is 1.54 bits per heavy atom. The van der Waals surface area contributed by atoms with E-state index >= 15 is 0 Å². The van der Waals surface area contributed by atoms with E-state index in [1.807, 2.05) is 32.3 Å². The second-order valence-electron chi connectivity index (χ2n) is 6.65. The highest BCUT2D eigenvalue weighted by Gasteiger charge is 2.08. The summed E-state index contributed by atoms with van der Waals surface area (Å²) in [7, 11) is 3.66. The monoisotopic (exact) mass is 382 g/mol. The zero-order valence-corrected chi connectivity index (χ0v) is 16.4. The molecule has 0 aliphatic heterocycles. The van der Waals surface area contributed by atoms with Crippen LogP contribution in [0.15, 0.2) is 48.5 Å². The van der Waals surface area contributed by atoms with Crippen LogP contribution in [-0.2, 0) is 16.1 Å². The minimum Gasteiger partial charge on any atom is -0.348 e. The third-order valence-electron chi connectivity index (χ3n) is 3.85. The molecular weight excluding hydrogens is 356 g/mol. The van der Waals surface area contributed by atoms with Gasteiger partial charge >= 0.3 is 0 Å². The van der Waals surface area contributed by atoms with Gasteiger partial charge in [-0.3, -0.25) is 14.4 Å². The fourth-order valence-corrected chi connectivity index (χ4v) is 2.52. The van der Waals surface area contributed by atoms with Crippen LogP contribution in [0.5, 0.6) is 0 Å². The van der Waals surface area contributed by atoms with Crippen LogP contribution in [-0.4, -0.2) is 43.3 Å². The lowest BCUT2D eigenvalue weighted by atomic mass is 10.1. The van der Waals surface area contributed by atoms with E-state index in [1.54, 1.807) is 42.2 Å². The van der Waals surface area contributed by atoms with E-state index in [2.05, 4.69) is 16.0 Å². The van der Waals surface area contributed by atoms with Gasteiger partial charge in [-0.25, -0.2) is 0 Å². The molecule has 7 nitrogen and oxygen atoms in total. The summed E-state index contributed by atoms with van der Waals surface area (Å²) in [4.78, 5) is 37.6. The summed E-state index contributed by atoms with van der Waals surface area (Å²) >= 11 is 0. The Balaban J connectivity index is 1.96. The van der Waals surface area contributed by atoms with E-state index in [0.717, 1.165) is 5.56 Å². The quantitative estimate of drug-likeness (QED) is 0.654. The van der Waals surface area contributed by atoms with Gasteiger partial charge in [0.15, 0.2) is 0 Å². The number of carbonyl (C=O) groups excluding carboxylic acids is 3. The molecule has 2 aromatic carbocycles. The highest BCUT2D eigenvalue weighted by atomic mass is 16.2. The smallest absolute Gasteiger partial charge is 0.251 e. The summed E-state index contributed by atoms with van der Waals surface area (Å²) in [5.41, 5.74) is 2.60. The van der Waals surface area contributed by atoms with Crippen molar-refractivity contribution in [3.05, 3.63) is 59.7 Å². The number of amides is 3. The van der Waals surface area contributed by atoms with Gasteiger partial charge in [-0.05, 0) is 50.0 Å². The summed E-state index contributed by atoms with van der Waals surface area (Å²) in [6, 6.07) is 14.1. The summed E-state index contributed by atoms with van der Waals surface area (Å²) in [6.45, 7) is 2.39. The Kier molecular flexibility index (Phi) is 7.71. The molecule has 0 aromatic heterocycles. The molecule has 3 N–H and O–H groups in total. The predicted molar refractivity (Wildman–Crippen MR) is 110 cm³/mol. The second-order valence-corrected chi connectivity index (χ2v) is 6.65. The van der Waals surface area contributed by atoms with Crippen LogP contribution in [0.3, 0.4) is 0 Å².